The lowest BCUT2D eigenvalue weighted by Crippen LogP contribution is -2.44. The minimum atomic E-state index is 0.00885. The maximum Gasteiger partial charge on any atom is 0.169 e. The number of rotatable bonds is 5. The molecule has 5 aromatic rings. The van der Waals surface area contributed by atoms with Gasteiger partial charge in [0.1, 0.15) is 17.0 Å². The van der Waals surface area contributed by atoms with Crippen LogP contribution in [0, 0.1) is 0 Å². The Kier molecular flexibility index (Phi) is 5.38. The number of pyridine rings is 3. The molecule has 9 nitrogen and oxygen atoms in total. The van der Waals surface area contributed by atoms with E-state index in [0.717, 1.165) is 59.8 Å². The van der Waals surface area contributed by atoms with Gasteiger partial charge in [0.25, 0.3) is 0 Å². The fourth-order valence-electron chi connectivity index (χ4n) is 4.32. The third-order valence-electron chi connectivity index (χ3n) is 6.39. The van der Waals surface area contributed by atoms with Gasteiger partial charge >= 0.3 is 0 Å². The first kappa shape index (κ1) is 21.3. The van der Waals surface area contributed by atoms with Crippen LogP contribution in [0.15, 0.2) is 61.2 Å². The fourth-order valence-corrected chi connectivity index (χ4v) is 4.32. The molecule has 0 unspecified atom stereocenters. The predicted octanol–water partition coefficient (Wildman–Crippen LogP) is 3.14. The molecule has 0 aliphatic carbocycles. The van der Waals surface area contributed by atoms with Crippen LogP contribution in [0.2, 0.25) is 0 Å². The molecule has 5 aromatic heterocycles. The summed E-state index contributed by atoms with van der Waals surface area (Å²) in [6, 6.07) is 11.3. The van der Waals surface area contributed by atoms with E-state index in [9.17, 15) is 4.79 Å². The summed E-state index contributed by atoms with van der Waals surface area (Å²) < 4.78 is 0. The second-order valence-corrected chi connectivity index (χ2v) is 8.82. The highest BCUT2D eigenvalue weighted by molar-refractivity contribution is 5.98. The van der Waals surface area contributed by atoms with Gasteiger partial charge in [0.05, 0.1) is 29.5 Å². The highest BCUT2D eigenvalue weighted by atomic mass is 16.1. The number of piperazine rings is 1. The van der Waals surface area contributed by atoms with Crippen molar-refractivity contribution in [3.63, 3.8) is 0 Å². The first-order chi connectivity index (χ1) is 17.1. The zero-order valence-corrected chi connectivity index (χ0v) is 19.3. The van der Waals surface area contributed by atoms with E-state index in [2.05, 4.69) is 41.8 Å². The molecule has 1 N–H and O–H groups in total. The molecule has 1 saturated heterocycles. The fraction of sp³-hybridized carbons (Fsp3) is 0.231. The lowest BCUT2D eigenvalue weighted by Gasteiger charge is -2.33. The van der Waals surface area contributed by atoms with Gasteiger partial charge < -0.3 is 14.8 Å². The van der Waals surface area contributed by atoms with Gasteiger partial charge in [0.15, 0.2) is 11.4 Å². The Morgan fingerprint density at radius 2 is 1.77 bits per heavy atom. The molecular formula is C26H24N8O. The Morgan fingerprint density at radius 1 is 0.914 bits per heavy atom. The largest absolute Gasteiger partial charge is 0.354 e. The smallest absolute Gasteiger partial charge is 0.169 e. The zero-order valence-electron chi connectivity index (χ0n) is 19.3. The number of fused-ring (bicyclic) bond motifs is 2. The molecule has 35 heavy (non-hydrogen) atoms. The summed E-state index contributed by atoms with van der Waals surface area (Å²) in [4.78, 5) is 43.5. The predicted molar refractivity (Wildman–Crippen MR) is 134 cm³/mol. The third-order valence-corrected chi connectivity index (χ3v) is 6.39. The molecule has 0 spiro atoms. The molecule has 9 heteroatoms. The van der Waals surface area contributed by atoms with Crippen molar-refractivity contribution in [2.75, 3.05) is 38.1 Å². The number of hydrogen-bond donors (Lipinski definition) is 1. The second-order valence-electron chi connectivity index (χ2n) is 8.82. The number of aromatic amines is 1. The quantitative estimate of drug-likeness (QED) is 0.396. The molecule has 6 heterocycles. The van der Waals surface area contributed by atoms with Gasteiger partial charge in [-0.05, 0) is 43.4 Å². The summed E-state index contributed by atoms with van der Waals surface area (Å²) in [5.41, 5.74) is 5.04. The van der Waals surface area contributed by atoms with E-state index in [1.54, 1.807) is 24.7 Å². The van der Waals surface area contributed by atoms with Crippen molar-refractivity contribution in [3.8, 4) is 11.4 Å². The number of ketones is 1. The average molecular weight is 465 g/mol. The molecule has 0 aromatic carbocycles. The minimum absolute atomic E-state index is 0.00885. The van der Waals surface area contributed by atoms with E-state index in [1.807, 2.05) is 36.5 Å². The molecule has 0 amide bonds. The van der Waals surface area contributed by atoms with E-state index >= 15 is 0 Å². The van der Waals surface area contributed by atoms with Crippen molar-refractivity contribution >= 4 is 33.7 Å². The first-order valence-electron chi connectivity index (χ1n) is 11.6. The van der Waals surface area contributed by atoms with Crippen molar-refractivity contribution in [2.24, 2.45) is 0 Å². The van der Waals surface area contributed by atoms with E-state index < -0.39 is 0 Å². The summed E-state index contributed by atoms with van der Waals surface area (Å²) in [7, 11) is 2.12. The van der Waals surface area contributed by atoms with Crippen molar-refractivity contribution in [3.05, 3.63) is 72.4 Å². The van der Waals surface area contributed by atoms with Crippen LogP contribution in [-0.4, -0.2) is 73.8 Å². The maximum atomic E-state index is 13.1. The van der Waals surface area contributed by atoms with Gasteiger partial charge in [0.2, 0.25) is 0 Å². The van der Waals surface area contributed by atoms with Crippen molar-refractivity contribution in [1.29, 1.82) is 0 Å². The summed E-state index contributed by atoms with van der Waals surface area (Å²) >= 11 is 0. The lowest BCUT2D eigenvalue weighted by molar-refractivity contribution is 0.0992. The first-order valence-corrected chi connectivity index (χ1v) is 11.6. The van der Waals surface area contributed by atoms with Crippen LogP contribution >= 0.6 is 0 Å². The SMILES string of the molecule is CN1CCN(c2cc(C(=O)Cc3cc4nc(-c5cnc6[nH]ccc6n5)ccc4cn3)ccn2)CC1. The number of nitrogens with one attached hydrogen (secondary N) is 1. The Labute approximate surface area is 201 Å². The Hall–Kier alpha value is -4.24. The van der Waals surface area contributed by atoms with Crippen molar-refractivity contribution in [1.82, 2.24) is 34.8 Å². The molecule has 1 aliphatic rings. The number of H-pyrrole nitrogens is 1. The van der Waals surface area contributed by atoms with E-state index in [4.69, 9.17) is 4.98 Å². The van der Waals surface area contributed by atoms with E-state index in [-0.39, 0.29) is 12.2 Å². The minimum Gasteiger partial charge on any atom is -0.354 e. The molecule has 1 aliphatic heterocycles. The highest BCUT2D eigenvalue weighted by Crippen LogP contribution is 2.22. The number of carbonyl (C=O) groups is 1. The molecule has 0 saturated carbocycles. The van der Waals surface area contributed by atoms with Crippen LogP contribution in [-0.2, 0) is 6.42 Å². The van der Waals surface area contributed by atoms with Crippen LogP contribution in [0.3, 0.4) is 0 Å². The maximum absolute atomic E-state index is 13.1. The lowest BCUT2D eigenvalue weighted by atomic mass is 10.1. The second kappa shape index (κ2) is 8.84. The van der Waals surface area contributed by atoms with E-state index in [0.29, 0.717) is 17.0 Å². The molecule has 0 radical (unpaired) electrons. The summed E-state index contributed by atoms with van der Waals surface area (Å²) in [5, 5.41) is 0.905. The summed E-state index contributed by atoms with van der Waals surface area (Å²) in [5.74, 6) is 0.858. The van der Waals surface area contributed by atoms with Crippen LogP contribution in [0.1, 0.15) is 16.1 Å². The number of hydrogen-bond acceptors (Lipinski definition) is 8. The molecule has 1 fully saturated rings. The number of aromatic nitrogens is 6. The number of Topliss-reactive ketones (excluding diaryl/α,β-unsaturated/α-hetero) is 1. The Morgan fingerprint density at radius 3 is 2.66 bits per heavy atom. The van der Waals surface area contributed by atoms with Crippen molar-refractivity contribution < 1.29 is 4.79 Å². The average Bonchev–Trinajstić information content (AvgIpc) is 3.37. The normalized spacial score (nSPS) is 14.6. The summed E-state index contributed by atoms with van der Waals surface area (Å²) in [6.07, 6.45) is 7.19. The molecule has 0 atom stereocenters. The van der Waals surface area contributed by atoms with Crippen molar-refractivity contribution in [2.45, 2.75) is 6.42 Å². The van der Waals surface area contributed by atoms with Crippen LogP contribution in [0.4, 0.5) is 5.82 Å². The van der Waals surface area contributed by atoms with Crippen LogP contribution in [0.5, 0.6) is 0 Å². The van der Waals surface area contributed by atoms with E-state index in [1.165, 1.54) is 0 Å². The van der Waals surface area contributed by atoms with Gasteiger partial charge in [-0.25, -0.2) is 19.9 Å². The number of anilines is 1. The molecular weight excluding hydrogens is 440 g/mol. The van der Waals surface area contributed by atoms with Gasteiger partial charge in [-0.15, -0.1) is 0 Å². The zero-order chi connectivity index (χ0) is 23.8. The number of nitrogens with zero attached hydrogens (tertiary/aromatic N) is 7. The van der Waals surface area contributed by atoms with Gasteiger partial charge in [-0.3, -0.25) is 9.78 Å². The molecule has 0 bridgehead atoms. The monoisotopic (exact) mass is 464 g/mol. The van der Waals surface area contributed by atoms with Gasteiger partial charge in [-0.1, -0.05) is 0 Å². The van der Waals surface area contributed by atoms with Crippen LogP contribution in [0.25, 0.3) is 33.5 Å². The highest BCUT2D eigenvalue weighted by Gasteiger charge is 2.17. The molecule has 6 rings (SSSR count). The standard InChI is InChI=1S/C26H24N8O/c1-33-8-10-34(11-9-33)25-12-17(4-6-27-25)24(35)14-19-13-22-18(15-29-19)2-3-20(31-22)23-16-30-26-21(32-23)5-7-28-26/h2-7,12-13,15-16H,8-11,14H2,1H3,(H,28,30). The number of likely N-dealkylation sites (N-methyl/N-ethyl adjacent to an activating group) is 1. The third kappa shape index (κ3) is 4.33. The van der Waals surface area contributed by atoms with Gasteiger partial charge in [0, 0.05) is 55.7 Å². The topological polar surface area (TPSA) is 104 Å². The molecule has 174 valence electrons. The summed E-state index contributed by atoms with van der Waals surface area (Å²) in [6.45, 7) is 3.78. The van der Waals surface area contributed by atoms with Gasteiger partial charge in [-0.2, -0.15) is 0 Å². The van der Waals surface area contributed by atoms with Crippen LogP contribution < -0.4 is 4.90 Å². The Balaban J connectivity index is 1.24. The number of carbonyl (C=O) groups excluding carboxylic acids is 1. The Bertz CT molecular complexity index is 1540.